The number of anilines is 1. The molecule has 0 saturated carbocycles. The largest absolute Gasteiger partial charge is 0.350 e. The van der Waals surface area contributed by atoms with Gasteiger partial charge in [0.15, 0.2) is 0 Å². The number of likely N-dealkylation sites (N-methyl/N-ethyl adjacent to an activating group) is 1. The Morgan fingerprint density at radius 2 is 2.07 bits per heavy atom. The number of nitrogens with zero attached hydrogens (tertiary/aromatic N) is 3. The summed E-state index contributed by atoms with van der Waals surface area (Å²) in [6.45, 7) is 5.88. The first-order valence-electron chi connectivity index (χ1n) is 9.37. The second-order valence-corrected chi connectivity index (χ2v) is 7.36. The average Bonchev–Trinajstić information content (AvgIpc) is 3.11. The van der Waals surface area contributed by atoms with Gasteiger partial charge in [0.2, 0.25) is 12.3 Å². The summed E-state index contributed by atoms with van der Waals surface area (Å²) in [6, 6.07) is 4.21. The number of carbonyl (C=O) groups excluding carboxylic acids is 3. The van der Waals surface area contributed by atoms with Crippen molar-refractivity contribution in [3.63, 3.8) is 0 Å². The molecule has 1 heterocycles. The molecular formula is C20H26N4O5. The number of amides is 3. The summed E-state index contributed by atoms with van der Waals surface area (Å²) in [4.78, 5) is 49.3. The first kappa shape index (κ1) is 22.1. The molecule has 1 atom stereocenters. The molecule has 1 aliphatic rings. The number of nitro benzene ring substituents is 1. The quantitative estimate of drug-likeness (QED) is 0.307. The third-order valence-electron chi connectivity index (χ3n) is 5.04. The van der Waals surface area contributed by atoms with Gasteiger partial charge in [-0.05, 0) is 24.8 Å². The molecule has 1 aromatic carbocycles. The van der Waals surface area contributed by atoms with Crippen LogP contribution < -0.4 is 10.2 Å². The van der Waals surface area contributed by atoms with Gasteiger partial charge in [-0.2, -0.15) is 0 Å². The molecule has 9 nitrogen and oxygen atoms in total. The first-order chi connectivity index (χ1) is 13.7. The average molecular weight is 402 g/mol. The van der Waals surface area contributed by atoms with Crippen molar-refractivity contribution in [2.75, 3.05) is 25.0 Å². The van der Waals surface area contributed by atoms with E-state index in [1.54, 1.807) is 31.0 Å². The van der Waals surface area contributed by atoms with Crippen LogP contribution in [0.15, 0.2) is 29.8 Å². The maximum atomic E-state index is 13.0. The monoisotopic (exact) mass is 402 g/mol. The minimum Gasteiger partial charge on any atom is -0.350 e. The predicted molar refractivity (Wildman–Crippen MR) is 108 cm³/mol. The topological polar surface area (TPSA) is 113 Å². The van der Waals surface area contributed by atoms with Crippen LogP contribution in [0.1, 0.15) is 26.3 Å². The molecule has 0 spiro atoms. The highest BCUT2D eigenvalue weighted by atomic mass is 16.6. The van der Waals surface area contributed by atoms with Crippen molar-refractivity contribution in [2.45, 2.75) is 33.2 Å². The molecule has 9 heteroatoms. The highest BCUT2D eigenvalue weighted by Crippen LogP contribution is 2.32. The van der Waals surface area contributed by atoms with E-state index in [2.05, 4.69) is 5.32 Å². The van der Waals surface area contributed by atoms with E-state index in [0.717, 1.165) is 5.56 Å². The fourth-order valence-electron chi connectivity index (χ4n) is 3.40. The molecule has 1 aliphatic heterocycles. The molecule has 0 fully saturated rings. The molecule has 1 N–H and O–H groups in total. The third kappa shape index (κ3) is 4.98. The summed E-state index contributed by atoms with van der Waals surface area (Å²) < 4.78 is 0. The molecule has 0 aromatic heterocycles. The van der Waals surface area contributed by atoms with Crippen LogP contribution in [-0.4, -0.2) is 54.2 Å². The van der Waals surface area contributed by atoms with Crippen LogP contribution in [0, 0.1) is 16.0 Å². The Labute approximate surface area is 169 Å². The van der Waals surface area contributed by atoms with Gasteiger partial charge < -0.3 is 15.1 Å². The van der Waals surface area contributed by atoms with E-state index in [0.29, 0.717) is 30.6 Å². The zero-order valence-electron chi connectivity index (χ0n) is 17.0. The van der Waals surface area contributed by atoms with Crippen LogP contribution in [-0.2, 0) is 20.8 Å². The molecular weight excluding hydrogens is 376 g/mol. The number of hydrogen-bond donors (Lipinski definition) is 1. The Morgan fingerprint density at radius 3 is 2.66 bits per heavy atom. The van der Waals surface area contributed by atoms with E-state index >= 15 is 0 Å². The smallest absolute Gasteiger partial charge is 0.271 e. The SMILES string of the molecule is C/C(=C\[C@H](C(C)C)N(C)C(=O)CNC=O)C(=O)N1CCc2ccc([N+](=O)[O-])cc21. The second-order valence-electron chi connectivity index (χ2n) is 7.36. The fourth-order valence-corrected chi connectivity index (χ4v) is 3.40. The lowest BCUT2D eigenvalue weighted by Crippen LogP contribution is -2.44. The molecule has 0 bridgehead atoms. The molecule has 0 saturated heterocycles. The summed E-state index contributed by atoms with van der Waals surface area (Å²) in [5.74, 6) is -0.480. The van der Waals surface area contributed by atoms with Crippen LogP contribution in [0.5, 0.6) is 0 Å². The lowest BCUT2D eigenvalue weighted by atomic mass is 9.99. The minimum absolute atomic E-state index is 0.0369. The number of hydrogen-bond acceptors (Lipinski definition) is 5. The lowest BCUT2D eigenvalue weighted by molar-refractivity contribution is -0.384. The Bertz CT molecular complexity index is 849. The van der Waals surface area contributed by atoms with Gasteiger partial charge in [0, 0.05) is 31.3 Å². The van der Waals surface area contributed by atoms with Crippen LogP contribution in [0.3, 0.4) is 0 Å². The van der Waals surface area contributed by atoms with Gasteiger partial charge in [0.1, 0.15) is 0 Å². The third-order valence-corrected chi connectivity index (χ3v) is 5.04. The van der Waals surface area contributed by atoms with E-state index in [-0.39, 0.29) is 36.0 Å². The lowest BCUT2D eigenvalue weighted by Gasteiger charge is -2.30. The molecule has 29 heavy (non-hydrogen) atoms. The number of nitro groups is 1. The van der Waals surface area contributed by atoms with Crippen molar-refractivity contribution in [3.8, 4) is 0 Å². The van der Waals surface area contributed by atoms with Crippen LogP contribution in [0.25, 0.3) is 0 Å². The van der Waals surface area contributed by atoms with Gasteiger partial charge in [-0.15, -0.1) is 0 Å². The molecule has 2 rings (SSSR count). The number of fused-ring (bicyclic) bond motifs is 1. The Kier molecular flexibility index (Phi) is 7.08. The van der Waals surface area contributed by atoms with E-state index in [4.69, 9.17) is 0 Å². The van der Waals surface area contributed by atoms with E-state index in [1.807, 2.05) is 13.8 Å². The molecule has 1 aromatic rings. The minimum atomic E-state index is -0.479. The molecule has 0 aliphatic carbocycles. The maximum Gasteiger partial charge on any atom is 0.271 e. The summed E-state index contributed by atoms with van der Waals surface area (Å²) in [5.41, 5.74) is 1.84. The number of benzene rings is 1. The zero-order chi connectivity index (χ0) is 21.7. The molecule has 3 amide bonds. The zero-order valence-corrected chi connectivity index (χ0v) is 17.0. The number of carbonyl (C=O) groups is 3. The number of rotatable bonds is 8. The first-order valence-corrected chi connectivity index (χ1v) is 9.37. The second kappa shape index (κ2) is 9.31. The summed E-state index contributed by atoms with van der Waals surface area (Å²) in [6.07, 6.45) is 2.83. The molecule has 156 valence electrons. The van der Waals surface area contributed by atoms with Crippen LogP contribution in [0.2, 0.25) is 0 Å². The normalized spacial score (nSPS) is 14.4. The predicted octanol–water partition coefficient (Wildman–Crippen LogP) is 1.66. The van der Waals surface area contributed by atoms with Crippen molar-refractivity contribution in [2.24, 2.45) is 5.92 Å². The van der Waals surface area contributed by atoms with E-state index < -0.39 is 4.92 Å². The van der Waals surface area contributed by atoms with E-state index in [9.17, 15) is 24.5 Å². The van der Waals surface area contributed by atoms with Gasteiger partial charge in [-0.25, -0.2) is 0 Å². The van der Waals surface area contributed by atoms with Crippen LogP contribution in [0.4, 0.5) is 11.4 Å². The van der Waals surface area contributed by atoms with Crippen molar-refractivity contribution in [1.29, 1.82) is 0 Å². The van der Waals surface area contributed by atoms with Crippen molar-refractivity contribution in [1.82, 2.24) is 10.2 Å². The molecule has 0 radical (unpaired) electrons. The summed E-state index contributed by atoms with van der Waals surface area (Å²) in [7, 11) is 1.63. The molecule has 0 unspecified atom stereocenters. The number of non-ortho nitro benzene ring substituents is 1. The standard InChI is InChI=1S/C20H26N4O5/c1-13(2)17(22(4)19(26)11-21-12-25)9-14(3)20(27)23-8-7-15-5-6-16(24(28)29)10-18(15)23/h5-6,9-10,12-13,17H,7-8,11H2,1-4H3,(H,21,25)/b14-9+/t17-/m1/s1. The van der Waals surface area contributed by atoms with Gasteiger partial charge in [-0.1, -0.05) is 26.0 Å². The maximum absolute atomic E-state index is 13.0. The Morgan fingerprint density at radius 1 is 1.38 bits per heavy atom. The van der Waals surface area contributed by atoms with Crippen molar-refractivity contribution >= 4 is 29.6 Å². The number of nitrogens with one attached hydrogen (secondary N) is 1. The summed E-state index contributed by atoms with van der Waals surface area (Å²) >= 11 is 0. The fraction of sp³-hybridized carbons (Fsp3) is 0.450. The van der Waals surface area contributed by atoms with Gasteiger partial charge in [0.25, 0.3) is 11.6 Å². The van der Waals surface area contributed by atoms with Gasteiger partial charge in [0.05, 0.1) is 23.2 Å². The van der Waals surface area contributed by atoms with Crippen LogP contribution >= 0.6 is 0 Å². The van der Waals surface area contributed by atoms with E-state index in [1.165, 1.54) is 17.0 Å². The Balaban J connectivity index is 2.25. The Hall–Kier alpha value is -3.23. The highest BCUT2D eigenvalue weighted by Gasteiger charge is 2.29. The van der Waals surface area contributed by atoms with Gasteiger partial charge >= 0.3 is 0 Å². The summed E-state index contributed by atoms with van der Waals surface area (Å²) in [5, 5.41) is 13.4. The van der Waals surface area contributed by atoms with Crippen molar-refractivity contribution < 1.29 is 19.3 Å². The van der Waals surface area contributed by atoms with Crippen molar-refractivity contribution in [3.05, 3.63) is 45.5 Å². The van der Waals surface area contributed by atoms with Gasteiger partial charge in [-0.3, -0.25) is 24.5 Å². The highest BCUT2D eigenvalue weighted by molar-refractivity contribution is 6.06.